The van der Waals surface area contributed by atoms with Gasteiger partial charge in [-0.25, -0.2) is 0 Å². The Morgan fingerprint density at radius 3 is 2.53 bits per heavy atom. The zero-order valence-electron chi connectivity index (χ0n) is 10.4. The first-order valence-corrected chi connectivity index (χ1v) is 6.55. The molecule has 0 saturated heterocycles. The van der Waals surface area contributed by atoms with Gasteiger partial charge in [0.25, 0.3) is 0 Å². The Kier molecular flexibility index (Phi) is 4.40. The molecule has 0 bridgehead atoms. The van der Waals surface area contributed by atoms with Gasteiger partial charge >= 0.3 is 0 Å². The molecule has 0 N–H and O–H groups in total. The fourth-order valence-electron chi connectivity index (χ4n) is 1.67. The number of aromatic nitrogens is 2. The second-order valence-electron chi connectivity index (χ2n) is 3.99. The molecule has 0 radical (unpaired) electrons. The molecule has 3 nitrogen and oxygen atoms in total. The normalized spacial score (nSPS) is 11.9. The molecule has 0 fully saturated rings. The number of benzene rings is 1. The van der Waals surface area contributed by atoms with Crippen molar-refractivity contribution in [1.82, 2.24) is 10.2 Å². The summed E-state index contributed by atoms with van der Waals surface area (Å²) in [5.41, 5.74) is 1.34. The van der Waals surface area contributed by atoms with Crippen LogP contribution in [0.5, 0.6) is 0 Å². The maximum Gasteiger partial charge on any atom is 0.157 e. The summed E-state index contributed by atoms with van der Waals surface area (Å²) in [7, 11) is 0. The van der Waals surface area contributed by atoms with Crippen molar-refractivity contribution in [2.24, 2.45) is 0 Å². The molecule has 19 heavy (non-hydrogen) atoms. The van der Waals surface area contributed by atoms with Gasteiger partial charge in [-0.05, 0) is 30.7 Å². The summed E-state index contributed by atoms with van der Waals surface area (Å²) in [4.78, 5) is 1.84. The van der Waals surface area contributed by atoms with Gasteiger partial charge in [-0.3, -0.25) is 0 Å². The summed E-state index contributed by atoms with van der Waals surface area (Å²) >= 11 is 12.2. The molecule has 2 aromatic rings. The quantitative estimate of drug-likeness (QED) is 0.477. The summed E-state index contributed by atoms with van der Waals surface area (Å²) in [6.07, 6.45) is 1.64. The third-order valence-electron chi connectivity index (χ3n) is 2.63. The zero-order valence-corrected chi connectivity index (χ0v) is 11.9. The molecule has 1 unspecified atom stereocenters. The lowest BCUT2D eigenvalue weighted by atomic mass is 10.2. The smallest absolute Gasteiger partial charge is 0.157 e. The number of hydrogen-bond donors (Lipinski definition) is 0. The standard InChI is InChI=1S/C14H13Cl2N3/c1-3-12(15)19(11-7-5-4-6-8-11)13-9-10(2)14(16)18-17-13/h3-9,12H,1H2,2H3. The van der Waals surface area contributed by atoms with Gasteiger partial charge in [0.2, 0.25) is 0 Å². The highest BCUT2D eigenvalue weighted by atomic mass is 35.5. The maximum absolute atomic E-state index is 6.30. The highest BCUT2D eigenvalue weighted by Gasteiger charge is 2.18. The van der Waals surface area contributed by atoms with Gasteiger partial charge in [-0.2, -0.15) is 0 Å². The summed E-state index contributed by atoms with van der Waals surface area (Å²) < 4.78 is 0. The average Bonchev–Trinajstić information content (AvgIpc) is 2.44. The van der Waals surface area contributed by atoms with Crippen LogP contribution in [0.25, 0.3) is 0 Å². The Balaban J connectivity index is 2.49. The molecule has 0 aliphatic carbocycles. The molecule has 1 aromatic heterocycles. The van der Waals surface area contributed by atoms with Crippen LogP contribution in [0.2, 0.25) is 5.15 Å². The first-order valence-electron chi connectivity index (χ1n) is 5.74. The number of aryl methyl sites for hydroxylation is 1. The molecule has 98 valence electrons. The number of hydrogen-bond acceptors (Lipinski definition) is 3. The Morgan fingerprint density at radius 2 is 1.95 bits per heavy atom. The van der Waals surface area contributed by atoms with E-state index in [2.05, 4.69) is 16.8 Å². The van der Waals surface area contributed by atoms with Gasteiger partial charge < -0.3 is 4.90 Å². The van der Waals surface area contributed by atoms with Gasteiger partial charge in [-0.1, -0.05) is 54.1 Å². The van der Waals surface area contributed by atoms with E-state index in [9.17, 15) is 0 Å². The Bertz CT molecular complexity index is 572. The Hall–Kier alpha value is -1.58. The zero-order chi connectivity index (χ0) is 13.8. The van der Waals surface area contributed by atoms with Crippen molar-refractivity contribution in [2.75, 3.05) is 4.90 Å². The van der Waals surface area contributed by atoms with Crippen LogP contribution in [-0.2, 0) is 0 Å². The number of anilines is 2. The van der Waals surface area contributed by atoms with Crippen LogP contribution in [-0.4, -0.2) is 15.7 Å². The molecule has 0 spiro atoms. The van der Waals surface area contributed by atoms with Crippen LogP contribution >= 0.6 is 23.2 Å². The minimum Gasteiger partial charge on any atom is -0.304 e. The SMILES string of the molecule is C=CC(Cl)N(c1ccccc1)c1cc(C)c(Cl)nn1. The van der Waals surface area contributed by atoms with E-state index in [4.69, 9.17) is 23.2 Å². The van der Waals surface area contributed by atoms with Crippen LogP contribution in [0, 0.1) is 6.92 Å². The minimum absolute atomic E-state index is 0.390. The molecule has 1 aromatic carbocycles. The predicted molar refractivity (Wildman–Crippen MR) is 80.2 cm³/mol. The fraction of sp³-hybridized carbons (Fsp3) is 0.143. The van der Waals surface area contributed by atoms with Crippen LogP contribution in [0.3, 0.4) is 0 Å². The topological polar surface area (TPSA) is 29.0 Å². The van der Waals surface area contributed by atoms with Crippen LogP contribution in [0.15, 0.2) is 49.1 Å². The van der Waals surface area contributed by atoms with Crippen LogP contribution in [0.1, 0.15) is 5.56 Å². The van der Waals surface area contributed by atoms with Crippen LogP contribution in [0.4, 0.5) is 11.5 Å². The molecular formula is C14H13Cl2N3. The fourth-order valence-corrected chi connectivity index (χ4v) is 1.97. The van der Waals surface area contributed by atoms with Crippen molar-refractivity contribution in [3.05, 3.63) is 59.8 Å². The Morgan fingerprint density at radius 1 is 1.26 bits per heavy atom. The van der Waals surface area contributed by atoms with Gasteiger partial charge in [0.15, 0.2) is 11.0 Å². The van der Waals surface area contributed by atoms with E-state index in [1.807, 2.05) is 48.2 Å². The lowest BCUT2D eigenvalue weighted by Gasteiger charge is -2.26. The van der Waals surface area contributed by atoms with Crippen LogP contribution < -0.4 is 4.90 Å². The summed E-state index contributed by atoms with van der Waals surface area (Å²) in [5.74, 6) is 0.632. The average molecular weight is 294 g/mol. The Labute approximate surface area is 122 Å². The highest BCUT2D eigenvalue weighted by molar-refractivity contribution is 6.30. The van der Waals surface area contributed by atoms with Crippen molar-refractivity contribution in [2.45, 2.75) is 12.4 Å². The monoisotopic (exact) mass is 293 g/mol. The van der Waals surface area contributed by atoms with E-state index >= 15 is 0 Å². The molecule has 0 saturated carbocycles. The second-order valence-corrected chi connectivity index (χ2v) is 4.80. The van der Waals surface area contributed by atoms with Gasteiger partial charge in [-0.15, -0.1) is 10.2 Å². The lowest BCUT2D eigenvalue weighted by Crippen LogP contribution is -2.25. The van der Waals surface area contributed by atoms with Crippen molar-refractivity contribution < 1.29 is 0 Å². The van der Waals surface area contributed by atoms with Crippen molar-refractivity contribution in [1.29, 1.82) is 0 Å². The van der Waals surface area contributed by atoms with Crippen molar-refractivity contribution in [3.8, 4) is 0 Å². The van der Waals surface area contributed by atoms with Gasteiger partial charge in [0.05, 0.1) is 0 Å². The van der Waals surface area contributed by atoms with Gasteiger partial charge in [0, 0.05) is 5.69 Å². The lowest BCUT2D eigenvalue weighted by molar-refractivity contribution is 0.924. The molecule has 0 amide bonds. The summed E-state index contributed by atoms with van der Waals surface area (Å²) in [6, 6.07) is 11.6. The van der Waals surface area contributed by atoms with E-state index in [1.165, 1.54) is 0 Å². The first kappa shape index (κ1) is 13.8. The summed E-state index contributed by atoms with van der Waals surface area (Å²) in [5, 5.41) is 8.41. The van der Waals surface area contributed by atoms with E-state index < -0.39 is 5.50 Å². The molecule has 5 heteroatoms. The highest BCUT2D eigenvalue weighted by Crippen LogP contribution is 2.29. The van der Waals surface area contributed by atoms with Gasteiger partial charge in [0.1, 0.15) is 5.50 Å². The maximum atomic E-state index is 6.30. The first-order chi connectivity index (χ1) is 9.13. The van der Waals surface area contributed by atoms with E-state index in [1.54, 1.807) is 6.08 Å². The van der Waals surface area contributed by atoms with Crippen molar-refractivity contribution >= 4 is 34.7 Å². The number of nitrogens with zero attached hydrogens (tertiary/aromatic N) is 3. The molecule has 2 rings (SSSR count). The predicted octanol–water partition coefficient (Wildman–Crippen LogP) is 4.33. The molecule has 1 heterocycles. The minimum atomic E-state index is -0.419. The van der Waals surface area contributed by atoms with E-state index in [0.29, 0.717) is 11.0 Å². The number of halogens is 2. The largest absolute Gasteiger partial charge is 0.304 e. The number of alkyl halides is 1. The van der Waals surface area contributed by atoms with E-state index in [0.717, 1.165) is 11.3 Å². The second kappa shape index (κ2) is 6.04. The summed E-state index contributed by atoms with van der Waals surface area (Å²) in [6.45, 7) is 5.60. The molecule has 0 aliphatic heterocycles. The third-order valence-corrected chi connectivity index (χ3v) is 3.38. The molecular weight excluding hydrogens is 281 g/mol. The van der Waals surface area contributed by atoms with Crippen molar-refractivity contribution in [3.63, 3.8) is 0 Å². The molecule has 1 atom stereocenters. The van der Waals surface area contributed by atoms with E-state index in [-0.39, 0.29) is 0 Å². The number of para-hydroxylation sites is 1. The molecule has 0 aliphatic rings. The number of rotatable bonds is 4. The third kappa shape index (κ3) is 3.06.